The molecule has 2 aliphatic heterocycles. The number of piperazine rings is 1. The van der Waals surface area contributed by atoms with Gasteiger partial charge in [-0.3, -0.25) is 4.68 Å². The zero-order chi connectivity index (χ0) is 16.3. The van der Waals surface area contributed by atoms with Crippen molar-refractivity contribution in [2.75, 3.05) is 18.0 Å². The Morgan fingerprint density at radius 1 is 1.12 bits per heavy atom. The third-order valence-corrected chi connectivity index (χ3v) is 4.95. The highest BCUT2D eigenvalue weighted by Crippen LogP contribution is 2.31. The Kier molecular flexibility index (Phi) is 2.90. The van der Waals surface area contributed by atoms with Crippen molar-refractivity contribution < 1.29 is 4.39 Å². The summed E-state index contributed by atoms with van der Waals surface area (Å²) >= 11 is 0. The minimum Gasteiger partial charge on any atom is -0.363 e. The molecule has 2 bridgehead atoms. The van der Waals surface area contributed by atoms with Gasteiger partial charge in [-0.05, 0) is 12.8 Å². The monoisotopic (exact) mass is 327 g/mol. The largest absolute Gasteiger partial charge is 0.363 e. The maximum Gasteiger partial charge on any atom is 0.180 e. The summed E-state index contributed by atoms with van der Waals surface area (Å²) in [5, 5.41) is 11.9. The molecular weight excluding hydrogens is 309 g/mol. The Balaban J connectivity index is 1.62. The molecule has 5 heterocycles. The first kappa shape index (κ1) is 13.9. The lowest BCUT2D eigenvalue weighted by Gasteiger charge is -2.34. The Morgan fingerprint density at radius 2 is 1.92 bits per heavy atom. The third kappa shape index (κ3) is 2.10. The fourth-order valence-electron chi connectivity index (χ4n) is 3.87. The van der Waals surface area contributed by atoms with Crippen LogP contribution in [0.2, 0.25) is 0 Å². The molecule has 124 valence electrons. The van der Waals surface area contributed by atoms with E-state index >= 15 is 0 Å². The number of hydrogen-bond donors (Lipinski definition) is 1. The number of imidazole rings is 1. The smallest absolute Gasteiger partial charge is 0.180 e. The highest BCUT2D eigenvalue weighted by atomic mass is 19.1. The van der Waals surface area contributed by atoms with Gasteiger partial charge in [0.1, 0.15) is 5.69 Å². The van der Waals surface area contributed by atoms with E-state index in [0.29, 0.717) is 23.4 Å². The number of hydrogen-bond acceptors (Lipinski definition) is 5. The summed E-state index contributed by atoms with van der Waals surface area (Å²) in [6.45, 7) is 1.62. The van der Waals surface area contributed by atoms with Gasteiger partial charge in [0.15, 0.2) is 11.5 Å². The quantitative estimate of drug-likeness (QED) is 0.766. The highest BCUT2D eigenvalue weighted by molar-refractivity contribution is 5.73. The van der Waals surface area contributed by atoms with Gasteiger partial charge in [0.05, 0.1) is 24.3 Å². The van der Waals surface area contributed by atoms with Crippen LogP contribution < -0.4 is 10.2 Å². The normalized spacial score (nSPS) is 23.3. The summed E-state index contributed by atoms with van der Waals surface area (Å²) in [5.74, 6) is -0.313. The molecule has 2 saturated heterocycles. The molecule has 0 saturated carbocycles. The molecule has 0 aliphatic carbocycles. The summed E-state index contributed by atoms with van der Waals surface area (Å²) in [6.07, 6.45) is 9.05. The second-order valence-corrected chi connectivity index (χ2v) is 6.68. The van der Waals surface area contributed by atoms with E-state index in [1.54, 1.807) is 15.4 Å². The molecule has 24 heavy (non-hydrogen) atoms. The van der Waals surface area contributed by atoms with Gasteiger partial charge < -0.3 is 10.2 Å². The Morgan fingerprint density at radius 3 is 2.62 bits per heavy atom. The topological polar surface area (TPSA) is 63.3 Å². The van der Waals surface area contributed by atoms with Crippen LogP contribution in [0.5, 0.6) is 0 Å². The van der Waals surface area contributed by atoms with Gasteiger partial charge >= 0.3 is 0 Å². The summed E-state index contributed by atoms with van der Waals surface area (Å²) in [4.78, 5) is 6.76. The zero-order valence-electron chi connectivity index (χ0n) is 13.4. The molecule has 0 spiro atoms. The van der Waals surface area contributed by atoms with Crippen molar-refractivity contribution in [2.24, 2.45) is 7.05 Å². The van der Waals surface area contributed by atoms with E-state index in [4.69, 9.17) is 0 Å². The predicted octanol–water partition coefficient (Wildman–Crippen LogP) is 1.21. The lowest BCUT2D eigenvalue weighted by atomic mass is 10.2. The van der Waals surface area contributed by atoms with Crippen LogP contribution in [-0.2, 0) is 7.05 Å². The molecular formula is C16H18FN7. The van der Waals surface area contributed by atoms with Gasteiger partial charge in [0, 0.05) is 44.0 Å². The van der Waals surface area contributed by atoms with Crippen LogP contribution in [0.1, 0.15) is 12.8 Å². The first-order chi connectivity index (χ1) is 11.7. The van der Waals surface area contributed by atoms with E-state index in [0.717, 1.165) is 37.2 Å². The van der Waals surface area contributed by atoms with Gasteiger partial charge in [0.2, 0.25) is 0 Å². The Labute approximate surface area is 138 Å². The van der Waals surface area contributed by atoms with E-state index in [2.05, 4.69) is 25.4 Å². The second-order valence-electron chi connectivity index (χ2n) is 6.68. The molecule has 2 fully saturated rings. The molecule has 3 aromatic rings. The fourth-order valence-corrected chi connectivity index (χ4v) is 3.87. The second kappa shape index (κ2) is 5.01. The number of nitrogens with zero attached hydrogens (tertiary/aromatic N) is 6. The molecule has 0 amide bonds. The van der Waals surface area contributed by atoms with Crippen LogP contribution in [0, 0.1) is 5.82 Å². The molecule has 0 radical (unpaired) electrons. The van der Waals surface area contributed by atoms with Crippen molar-refractivity contribution in [1.82, 2.24) is 29.7 Å². The van der Waals surface area contributed by atoms with Crippen LogP contribution in [0.25, 0.3) is 16.9 Å². The van der Waals surface area contributed by atoms with Gasteiger partial charge in [-0.15, -0.1) is 0 Å². The predicted molar refractivity (Wildman–Crippen MR) is 87.3 cm³/mol. The number of aromatic nitrogens is 5. The fraction of sp³-hybridized carbons (Fsp3) is 0.438. The molecule has 2 atom stereocenters. The first-order valence-electron chi connectivity index (χ1n) is 8.21. The third-order valence-electron chi connectivity index (χ3n) is 4.95. The van der Waals surface area contributed by atoms with Crippen molar-refractivity contribution >= 4 is 11.3 Å². The number of aryl methyl sites for hydroxylation is 1. The van der Waals surface area contributed by atoms with E-state index in [1.807, 2.05) is 19.4 Å². The number of anilines is 1. The van der Waals surface area contributed by atoms with Gasteiger partial charge in [-0.2, -0.15) is 10.2 Å². The zero-order valence-corrected chi connectivity index (χ0v) is 13.4. The van der Waals surface area contributed by atoms with Crippen LogP contribution in [-0.4, -0.2) is 49.6 Å². The van der Waals surface area contributed by atoms with Crippen LogP contribution in [0.4, 0.5) is 10.1 Å². The van der Waals surface area contributed by atoms with Gasteiger partial charge in [0.25, 0.3) is 0 Å². The maximum atomic E-state index is 14.6. The first-order valence-corrected chi connectivity index (χ1v) is 8.21. The van der Waals surface area contributed by atoms with Gasteiger partial charge in [-0.25, -0.2) is 13.9 Å². The highest BCUT2D eigenvalue weighted by Gasteiger charge is 2.34. The molecule has 1 N–H and O–H groups in total. The summed E-state index contributed by atoms with van der Waals surface area (Å²) < 4.78 is 18.0. The van der Waals surface area contributed by atoms with Crippen molar-refractivity contribution in [3.05, 3.63) is 30.6 Å². The van der Waals surface area contributed by atoms with Gasteiger partial charge in [-0.1, -0.05) is 0 Å². The average molecular weight is 327 g/mol. The van der Waals surface area contributed by atoms with E-state index in [9.17, 15) is 4.39 Å². The molecule has 5 rings (SSSR count). The SMILES string of the molecule is Cn1cc(-c2cn3ncc(F)c(N4CC5CCC(C4)N5)c3n2)cn1. The Bertz CT molecular complexity index is 902. The molecule has 2 aliphatic rings. The van der Waals surface area contributed by atoms with E-state index < -0.39 is 0 Å². The number of halogens is 1. The van der Waals surface area contributed by atoms with Crippen LogP contribution in [0.3, 0.4) is 0 Å². The summed E-state index contributed by atoms with van der Waals surface area (Å²) in [5.41, 5.74) is 2.77. The lowest BCUT2D eigenvalue weighted by Crippen LogP contribution is -2.51. The minimum atomic E-state index is -0.313. The van der Waals surface area contributed by atoms with Crippen molar-refractivity contribution in [1.29, 1.82) is 0 Å². The van der Waals surface area contributed by atoms with Crippen molar-refractivity contribution in [3.8, 4) is 11.3 Å². The van der Waals surface area contributed by atoms with Crippen LogP contribution >= 0.6 is 0 Å². The van der Waals surface area contributed by atoms with Crippen molar-refractivity contribution in [3.63, 3.8) is 0 Å². The van der Waals surface area contributed by atoms with E-state index in [1.165, 1.54) is 6.20 Å². The molecule has 0 aromatic carbocycles. The summed E-state index contributed by atoms with van der Waals surface area (Å²) in [6, 6.07) is 0.869. The summed E-state index contributed by atoms with van der Waals surface area (Å²) in [7, 11) is 1.86. The lowest BCUT2D eigenvalue weighted by molar-refractivity contribution is 0.460. The van der Waals surface area contributed by atoms with Crippen molar-refractivity contribution in [2.45, 2.75) is 24.9 Å². The minimum absolute atomic E-state index is 0.313. The average Bonchev–Trinajstić information content (AvgIpc) is 3.25. The molecule has 7 nitrogen and oxygen atoms in total. The van der Waals surface area contributed by atoms with E-state index in [-0.39, 0.29) is 5.82 Å². The maximum absolute atomic E-state index is 14.6. The van der Waals surface area contributed by atoms with Crippen LogP contribution in [0.15, 0.2) is 24.8 Å². The molecule has 2 unspecified atom stereocenters. The Hall–Kier alpha value is -2.48. The number of fused-ring (bicyclic) bond motifs is 3. The number of rotatable bonds is 2. The number of nitrogens with one attached hydrogen (secondary N) is 1. The standard InChI is InChI=1S/C16H18FN7/c1-22-6-10(4-18-22)14-9-24-16(21-14)15(13(17)5-19-24)23-7-11-2-3-12(8-23)20-11/h4-6,9,11-12,20H,2-3,7-8H2,1H3. The molecule has 3 aromatic heterocycles. The molecule has 8 heteroatoms.